The largest absolute Gasteiger partial charge is 0.383 e. The SMILES string of the molecule is Nc1nc(-c2cc(F)cc(Cl)c2)ncc1I. The highest BCUT2D eigenvalue weighted by Crippen LogP contribution is 2.23. The molecule has 0 unspecified atom stereocenters. The van der Waals surface area contributed by atoms with Crippen molar-refractivity contribution >= 4 is 40.0 Å². The van der Waals surface area contributed by atoms with Crippen LogP contribution in [0.25, 0.3) is 11.4 Å². The van der Waals surface area contributed by atoms with Crippen molar-refractivity contribution in [1.82, 2.24) is 9.97 Å². The van der Waals surface area contributed by atoms with Gasteiger partial charge >= 0.3 is 0 Å². The molecule has 1 aromatic heterocycles. The average molecular weight is 350 g/mol. The Balaban J connectivity index is 2.54. The number of rotatable bonds is 1. The van der Waals surface area contributed by atoms with E-state index in [0.29, 0.717) is 22.2 Å². The Morgan fingerprint density at radius 3 is 2.69 bits per heavy atom. The smallest absolute Gasteiger partial charge is 0.161 e. The third-order valence-electron chi connectivity index (χ3n) is 1.89. The van der Waals surface area contributed by atoms with E-state index >= 15 is 0 Å². The first kappa shape index (κ1) is 11.5. The number of aromatic nitrogens is 2. The fourth-order valence-electron chi connectivity index (χ4n) is 1.20. The first-order chi connectivity index (χ1) is 7.56. The van der Waals surface area contributed by atoms with E-state index in [1.54, 1.807) is 12.3 Å². The van der Waals surface area contributed by atoms with Gasteiger partial charge in [0.05, 0.1) is 3.57 Å². The number of nitrogens with two attached hydrogens (primary N) is 1. The lowest BCUT2D eigenvalue weighted by molar-refractivity contribution is 0.628. The van der Waals surface area contributed by atoms with Crippen LogP contribution in [0.3, 0.4) is 0 Å². The van der Waals surface area contributed by atoms with E-state index in [2.05, 4.69) is 9.97 Å². The van der Waals surface area contributed by atoms with Gasteiger partial charge in [0.15, 0.2) is 5.82 Å². The number of nitrogens with zero attached hydrogens (tertiary/aromatic N) is 2. The summed E-state index contributed by atoms with van der Waals surface area (Å²) in [5, 5.41) is 0.302. The highest BCUT2D eigenvalue weighted by molar-refractivity contribution is 14.1. The van der Waals surface area contributed by atoms with Gasteiger partial charge in [-0.15, -0.1) is 0 Å². The van der Waals surface area contributed by atoms with Crippen molar-refractivity contribution in [1.29, 1.82) is 0 Å². The molecule has 0 aliphatic rings. The van der Waals surface area contributed by atoms with Crippen LogP contribution in [0.2, 0.25) is 5.02 Å². The van der Waals surface area contributed by atoms with Crippen molar-refractivity contribution in [2.45, 2.75) is 0 Å². The van der Waals surface area contributed by atoms with Crippen LogP contribution < -0.4 is 5.73 Å². The molecule has 0 saturated carbocycles. The lowest BCUT2D eigenvalue weighted by atomic mass is 10.2. The summed E-state index contributed by atoms with van der Waals surface area (Å²) in [5.41, 5.74) is 6.16. The molecular weight excluding hydrogens is 343 g/mol. The van der Waals surface area contributed by atoms with Crippen LogP contribution in [0.1, 0.15) is 0 Å². The zero-order valence-corrected chi connectivity index (χ0v) is 10.8. The van der Waals surface area contributed by atoms with E-state index in [0.717, 1.165) is 3.57 Å². The van der Waals surface area contributed by atoms with Crippen molar-refractivity contribution in [2.24, 2.45) is 0 Å². The second-order valence-electron chi connectivity index (χ2n) is 3.08. The van der Waals surface area contributed by atoms with Crippen LogP contribution in [-0.2, 0) is 0 Å². The first-order valence-electron chi connectivity index (χ1n) is 4.31. The monoisotopic (exact) mass is 349 g/mol. The van der Waals surface area contributed by atoms with Crippen LogP contribution >= 0.6 is 34.2 Å². The number of benzene rings is 1. The molecular formula is C10H6ClFIN3. The van der Waals surface area contributed by atoms with E-state index in [1.807, 2.05) is 22.6 Å². The molecule has 1 heterocycles. The van der Waals surface area contributed by atoms with Gasteiger partial charge < -0.3 is 5.73 Å². The Morgan fingerprint density at radius 2 is 2.06 bits per heavy atom. The van der Waals surface area contributed by atoms with Gasteiger partial charge in [-0.25, -0.2) is 14.4 Å². The van der Waals surface area contributed by atoms with Gasteiger partial charge in [0, 0.05) is 16.8 Å². The van der Waals surface area contributed by atoms with Gasteiger partial charge in [-0.3, -0.25) is 0 Å². The molecule has 0 bridgehead atoms. The highest BCUT2D eigenvalue weighted by Gasteiger charge is 2.07. The van der Waals surface area contributed by atoms with Crippen molar-refractivity contribution in [3.05, 3.63) is 38.8 Å². The standard InChI is InChI=1S/C10H6ClFIN3/c11-6-1-5(2-7(12)3-6)10-15-4-8(13)9(14)16-10/h1-4H,(H2,14,15,16). The fourth-order valence-corrected chi connectivity index (χ4v) is 1.68. The summed E-state index contributed by atoms with van der Waals surface area (Å²) in [4.78, 5) is 8.13. The lowest BCUT2D eigenvalue weighted by Crippen LogP contribution is -1.98. The quantitative estimate of drug-likeness (QED) is 0.805. The number of halogens is 3. The van der Waals surface area contributed by atoms with Crippen molar-refractivity contribution in [3.63, 3.8) is 0 Å². The molecule has 2 aromatic rings. The van der Waals surface area contributed by atoms with Gasteiger partial charge in [0.25, 0.3) is 0 Å². The molecule has 0 aliphatic carbocycles. The van der Waals surface area contributed by atoms with Gasteiger partial charge in [-0.1, -0.05) is 11.6 Å². The summed E-state index contributed by atoms with van der Waals surface area (Å²) in [6.07, 6.45) is 1.58. The Hall–Kier alpha value is -0.950. The molecule has 0 saturated heterocycles. The molecule has 1 aromatic carbocycles. The zero-order valence-electron chi connectivity index (χ0n) is 7.92. The van der Waals surface area contributed by atoms with Crippen LogP contribution in [0.5, 0.6) is 0 Å². The van der Waals surface area contributed by atoms with Crippen molar-refractivity contribution in [3.8, 4) is 11.4 Å². The van der Waals surface area contributed by atoms with Gasteiger partial charge in [-0.05, 0) is 40.8 Å². The van der Waals surface area contributed by atoms with E-state index in [1.165, 1.54) is 12.1 Å². The number of hydrogen-bond acceptors (Lipinski definition) is 3. The summed E-state index contributed by atoms with van der Waals surface area (Å²) in [6.45, 7) is 0. The van der Waals surface area contributed by atoms with Crippen LogP contribution in [-0.4, -0.2) is 9.97 Å². The number of nitrogen functional groups attached to an aromatic ring is 1. The highest BCUT2D eigenvalue weighted by atomic mass is 127. The number of hydrogen-bond donors (Lipinski definition) is 1. The molecule has 2 rings (SSSR count). The third kappa shape index (κ3) is 2.41. The van der Waals surface area contributed by atoms with E-state index in [9.17, 15) is 4.39 Å². The summed E-state index contributed by atoms with van der Waals surface area (Å²) >= 11 is 7.77. The van der Waals surface area contributed by atoms with E-state index in [4.69, 9.17) is 17.3 Å². The molecule has 82 valence electrons. The predicted octanol–water partition coefficient (Wildman–Crippen LogP) is 3.12. The second-order valence-corrected chi connectivity index (χ2v) is 4.68. The lowest BCUT2D eigenvalue weighted by Gasteiger charge is -2.03. The third-order valence-corrected chi connectivity index (χ3v) is 2.94. The Labute approximate surface area is 110 Å². The molecule has 0 fully saturated rings. The maximum atomic E-state index is 13.1. The molecule has 0 amide bonds. The fraction of sp³-hybridized carbons (Fsp3) is 0. The van der Waals surface area contributed by atoms with Crippen LogP contribution in [0.15, 0.2) is 24.4 Å². The van der Waals surface area contributed by atoms with Gasteiger partial charge in [0.2, 0.25) is 0 Å². The minimum absolute atomic E-state index is 0.302. The minimum Gasteiger partial charge on any atom is -0.383 e. The average Bonchev–Trinajstić information content (AvgIpc) is 2.20. The number of anilines is 1. The summed E-state index contributed by atoms with van der Waals surface area (Å²) < 4.78 is 13.9. The Kier molecular flexibility index (Phi) is 3.25. The first-order valence-corrected chi connectivity index (χ1v) is 5.76. The minimum atomic E-state index is -0.428. The molecule has 16 heavy (non-hydrogen) atoms. The Bertz CT molecular complexity index is 527. The molecule has 2 N–H and O–H groups in total. The van der Waals surface area contributed by atoms with Gasteiger partial charge in [-0.2, -0.15) is 0 Å². The van der Waals surface area contributed by atoms with Crippen molar-refractivity contribution in [2.75, 3.05) is 5.73 Å². The van der Waals surface area contributed by atoms with E-state index in [-0.39, 0.29) is 0 Å². The molecule has 3 nitrogen and oxygen atoms in total. The zero-order chi connectivity index (χ0) is 11.7. The topological polar surface area (TPSA) is 51.8 Å². The summed E-state index contributed by atoms with van der Waals surface area (Å²) in [6, 6.07) is 4.13. The molecule has 0 radical (unpaired) electrons. The van der Waals surface area contributed by atoms with Crippen LogP contribution in [0, 0.1) is 9.39 Å². The molecule has 0 atom stereocenters. The van der Waals surface area contributed by atoms with Crippen molar-refractivity contribution < 1.29 is 4.39 Å². The summed E-state index contributed by atoms with van der Waals surface area (Å²) in [7, 11) is 0. The summed E-state index contributed by atoms with van der Waals surface area (Å²) in [5.74, 6) is 0.300. The second kappa shape index (κ2) is 4.50. The van der Waals surface area contributed by atoms with E-state index < -0.39 is 5.82 Å². The molecule has 0 spiro atoms. The molecule has 6 heteroatoms. The van der Waals surface area contributed by atoms with Gasteiger partial charge in [0.1, 0.15) is 11.6 Å². The normalized spacial score (nSPS) is 10.4. The maximum Gasteiger partial charge on any atom is 0.161 e. The Morgan fingerprint density at radius 1 is 1.31 bits per heavy atom. The maximum absolute atomic E-state index is 13.1. The van der Waals surface area contributed by atoms with Crippen LogP contribution in [0.4, 0.5) is 10.2 Å². The molecule has 0 aliphatic heterocycles. The predicted molar refractivity (Wildman–Crippen MR) is 69.6 cm³/mol.